The van der Waals surface area contributed by atoms with Crippen LogP contribution in [0.5, 0.6) is 0 Å². The number of aryl methyl sites for hydroxylation is 1. The fraction of sp³-hybridized carbons (Fsp3) is 0.120. The van der Waals surface area contributed by atoms with Crippen LogP contribution in [0.25, 0.3) is 22.4 Å². The number of hydrogen-bond donors (Lipinski definition) is 2. The van der Waals surface area contributed by atoms with Crippen LogP contribution in [0.1, 0.15) is 21.6 Å². The van der Waals surface area contributed by atoms with Crippen molar-refractivity contribution >= 4 is 17.5 Å². The van der Waals surface area contributed by atoms with Gasteiger partial charge in [0.25, 0.3) is 5.91 Å². The van der Waals surface area contributed by atoms with Gasteiger partial charge in [-0.2, -0.15) is 18.3 Å². The van der Waals surface area contributed by atoms with Gasteiger partial charge in [0.2, 0.25) is 5.91 Å². The van der Waals surface area contributed by atoms with Crippen LogP contribution in [0, 0.1) is 5.82 Å². The number of carbonyl (C=O) groups is 2. The van der Waals surface area contributed by atoms with Crippen LogP contribution in [-0.2, 0) is 24.4 Å². The van der Waals surface area contributed by atoms with Crippen molar-refractivity contribution in [3.05, 3.63) is 89.6 Å². The highest BCUT2D eigenvalue weighted by Gasteiger charge is 2.36. The molecule has 2 aromatic heterocycles. The zero-order chi connectivity index (χ0) is 26.0. The third-order valence-corrected chi connectivity index (χ3v) is 5.30. The molecular weight excluding hydrogens is 478 g/mol. The molecule has 3 N–H and O–H groups in total. The Hall–Kier alpha value is -4.54. The molecule has 0 bridgehead atoms. The molecule has 4 rings (SSSR count). The summed E-state index contributed by atoms with van der Waals surface area (Å²) in [4.78, 5) is 28.5. The second-order valence-corrected chi connectivity index (χ2v) is 7.93. The van der Waals surface area contributed by atoms with E-state index in [1.54, 1.807) is 36.4 Å². The number of nitrogens with zero attached hydrogens (tertiary/aromatic N) is 3. The number of primary amides is 1. The molecular formula is C25H19F4N5O2. The SMILES string of the molecule is Cn1ccc(-c2cc(C(=O)Nc3cnc(CC(N)=O)cc3-c3ccccc3)c(F)cc2C(F)(F)F)n1. The van der Waals surface area contributed by atoms with E-state index in [-0.39, 0.29) is 23.9 Å². The first-order chi connectivity index (χ1) is 17.0. The van der Waals surface area contributed by atoms with Crippen molar-refractivity contribution in [2.45, 2.75) is 12.6 Å². The van der Waals surface area contributed by atoms with Crippen LogP contribution >= 0.6 is 0 Å². The molecule has 11 heteroatoms. The van der Waals surface area contributed by atoms with Crippen molar-refractivity contribution < 1.29 is 27.2 Å². The summed E-state index contributed by atoms with van der Waals surface area (Å²) in [6, 6.07) is 12.8. The number of alkyl halides is 3. The molecule has 7 nitrogen and oxygen atoms in total. The van der Waals surface area contributed by atoms with Gasteiger partial charge in [-0.1, -0.05) is 30.3 Å². The number of amides is 2. The molecule has 0 spiro atoms. The lowest BCUT2D eigenvalue weighted by atomic mass is 9.99. The molecule has 0 aliphatic carbocycles. The summed E-state index contributed by atoms with van der Waals surface area (Å²) in [7, 11) is 1.52. The minimum Gasteiger partial charge on any atom is -0.369 e. The van der Waals surface area contributed by atoms with E-state index in [9.17, 15) is 27.2 Å². The minimum atomic E-state index is -4.87. The Kier molecular flexibility index (Phi) is 6.56. The number of carbonyl (C=O) groups excluding carboxylic acids is 2. The zero-order valence-electron chi connectivity index (χ0n) is 18.8. The lowest BCUT2D eigenvalue weighted by molar-refractivity contribution is -0.137. The fourth-order valence-electron chi connectivity index (χ4n) is 3.67. The fourth-order valence-corrected chi connectivity index (χ4v) is 3.67. The summed E-state index contributed by atoms with van der Waals surface area (Å²) in [6.45, 7) is 0. The number of nitrogens with two attached hydrogens (primary N) is 1. The molecule has 0 aliphatic heterocycles. The molecule has 0 saturated heterocycles. The van der Waals surface area contributed by atoms with Crippen molar-refractivity contribution in [1.82, 2.24) is 14.8 Å². The first-order valence-electron chi connectivity index (χ1n) is 10.6. The Labute approximate surface area is 202 Å². The molecule has 0 atom stereocenters. The molecule has 0 radical (unpaired) electrons. The van der Waals surface area contributed by atoms with Crippen LogP contribution in [-0.4, -0.2) is 26.6 Å². The van der Waals surface area contributed by atoms with Gasteiger partial charge in [-0.15, -0.1) is 0 Å². The number of halogens is 4. The molecule has 0 fully saturated rings. The molecule has 0 aliphatic rings. The van der Waals surface area contributed by atoms with E-state index < -0.39 is 40.5 Å². The van der Waals surface area contributed by atoms with E-state index in [1.807, 2.05) is 0 Å². The molecule has 4 aromatic rings. The zero-order valence-corrected chi connectivity index (χ0v) is 18.8. The van der Waals surface area contributed by atoms with Gasteiger partial charge in [0.05, 0.1) is 40.8 Å². The van der Waals surface area contributed by atoms with E-state index >= 15 is 0 Å². The molecule has 2 aromatic carbocycles. The van der Waals surface area contributed by atoms with Gasteiger partial charge in [-0.3, -0.25) is 19.3 Å². The summed E-state index contributed by atoms with van der Waals surface area (Å²) >= 11 is 0. The normalized spacial score (nSPS) is 11.4. The summed E-state index contributed by atoms with van der Waals surface area (Å²) in [5.41, 5.74) is 4.52. The van der Waals surface area contributed by atoms with Crippen molar-refractivity contribution in [2.24, 2.45) is 12.8 Å². The molecule has 0 saturated carbocycles. The van der Waals surface area contributed by atoms with Crippen LogP contribution in [0.3, 0.4) is 0 Å². The van der Waals surface area contributed by atoms with Gasteiger partial charge in [0.1, 0.15) is 5.82 Å². The molecule has 2 amide bonds. The minimum absolute atomic E-state index is 0.0682. The van der Waals surface area contributed by atoms with Gasteiger partial charge >= 0.3 is 6.18 Å². The quantitative estimate of drug-likeness (QED) is 0.381. The average Bonchev–Trinajstić information content (AvgIpc) is 3.25. The molecule has 36 heavy (non-hydrogen) atoms. The Morgan fingerprint density at radius 3 is 2.39 bits per heavy atom. The van der Waals surface area contributed by atoms with Crippen molar-refractivity contribution in [2.75, 3.05) is 5.32 Å². The Morgan fingerprint density at radius 2 is 1.78 bits per heavy atom. The lowest BCUT2D eigenvalue weighted by Crippen LogP contribution is -2.18. The number of rotatable bonds is 6. The Morgan fingerprint density at radius 1 is 1.06 bits per heavy atom. The number of pyridine rings is 1. The van der Waals surface area contributed by atoms with Gasteiger partial charge in [-0.05, 0) is 29.8 Å². The van der Waals surface area contributed by atoms with Crippen LogP contribution < -0.4 is 11.1 Å². The first kappa shape index (κ1) is 24.6. The van der Waals surface area contributed by atoms with Gasteiger partial charge in [-0.25, -0.2) is 4.39 Å². The Balaban J connectivity index is 1.77. The third-order valence-electron chi connectivity index (χ3n) is 5.30. The highest BCUT2D eigenvalue weighted by atomic mass is 19.4. The number of anilines is 1. The number of hydrogen-bond acceptors (Lipinski definition) is 4. The molecule has 0 unspecified atom stereocenters. The first-order valence-corrected chi connectivity index (χ1v) is 10.6. The highest BCUT2D eigenvalue weighted by Crippen LogP contribution is 2.38. The van der Waals surface area contributed by atoms with Gasteiger partial charge < -0.3 is 11.1 Å². The predicted molar refractivity (Wildman–Crippen MR) is 124 cm³/mol. The van der Waals surface area contributed by atoms with Gasteiger partial charge in [0.15, 0.2) is 0 Å². The number of aromatic nitrogens is 3. The number of benzene rings is 2. The molecule has 2 heterocycles. The lowest BCUT2D eigenvalue weighted by Gasteiger charge is -2.16. The van der Waals surface area contributed by atoms with Crippen LogP contribution in [0.4, 0.5) is 23.2 Å². The Bertz CT molecular complexity index is 1450. The topological polar surface area (TPSA) is 103 Å². The van der Waals surface area contributed by atoms with Crippen molar-refractivity contribution in [3.8, 4) is 22.4 Å². The van der Waals surface area contributed by atoms with Crippen molar-refractivity contribution in [3.63, 3.8) is 0 Å². The van der Waals surface area contributed by atoms with Crippen molar-refractivity contribution in [1.29, 1.82) is 0 Å². The standard InChI is InChI=1S/C25H19F4N5O2/c1-34-8-7-21(33-34)17-11-18(20(26)12-19(17)25(27,28)29)24(36)32-22-13-31-15(10-23(30)35)9-16(22)14-5-3-2-4-6-14/h2-9,11-13H,10H2,1H3,(H2,30,35)(H,32,36). The van der Waals surface area contributed by atoms with Gasteiger partial charge in [0, 0.05) is 24.4 Å². The summed E-state index contributed by atoms with van der Waals surface area (Å²) < 4.78 is 57.0. The molecule has 184 valence electrons. The highest BCUT2D eigenvalue weighted by molar-refractivity contribution is 6.07. The van der Waals surface area contributed by atoms with E-state index in [0.29, 0.717) is 16.8 Å². The summed E-state index contributed by atoms with van der Waals surface area (Å²) in [5, 5.41) is 6.50. The third kappa shape index (κ3) is 5.24. The van der Waals surface area contributed by atoms with Crippen LogP contribution in [0.15, 0.2) is 67.0 Å². The summed E-state index contributed by atoms with van der Waals surface area (Å²) in [6.07, 6.45) is -2.30. The maximum Gasteiger partial charge on any atom is 0.417 e. The van der Waals surface area contributed by atoms with E-state index in [2.05, 4.69) is 15.4 Å². The second kappa shape index (κ2) is 9.61. The average molecular weight is 497 g/mol. The second-order valence-electron chi connectivity index (χ2n) is 7.93. The maximum atomic E-state index is 14.8. The van der Waals surface area contributed by atoms with Crippen LogP contribution in [0.2, 0.25) is 0 Å². The van der Waals surface area contributed by atoms with E-state index in [1.165, 1.54) is 30.2 Å². The summed E-state index contributed by atoms with van der Waals surface area (Å²) in [5.74, 6) is -2.94. The smallest absolute Gasteiger partial charge is 0.369 e. The maximum absolute atomic E-state index is 14.8. The largest absolute Gasteiger partial charge is 0.417 e. The predicted octanol–water partition coefficient (Wildman–Crippen LogP) is 4.59. The van der Waals surface area contributed by atoms with E-state index in [0.717, 1.165) is 6.07 Å². The number of nitrogens with one attached hydrogen (secondary N) is 1. The van der Waals surface area contributed by atoms with E-state index in [4.69, 9.17) is 5.73 Å². The monoisotopic (exact) mass is 497 g/mol.